The normalized spacial score (nSPS) is 19.1. The highest BCUT2D eigenvalue weighted by Gasteiger charge is 2.18. The molecule has 2 nitrogen and oxygen atoms in total. The smallest absolute Gasteiger partial charge is 0.123 e. The van der Waals surface area contributed by atoms with Gasteiger partial charge < -0.3 is 10.7 Å². The van der Waals surface area contributed by atoms with E-state index in [4.69, 9.17) is 5.73 Å². The Kier molecular flexibility index (Phi) is 2.48. The number of aryl methyl sites for hydroxylation is 1. The number of nitrogens with two attached hydrogens (primary N) is 1. The maximum atomic E-state index is 12.9. The molecule has 1 atom stereocenters. The van der Waals surface area contributed by atoms with Crippen LogP contribution >= 0.6 is 0 Å². The van der Waals surface area contributed by atoms with Crippen LogP contribution in [0.15, 0.2) is 30.3 Å². The first kappa shape index (κ1) is 10.5. The summed E-state index contributed by atoms with van der Waals surface area (Å²) in [5.74, 6) is -0.202. The lowest BCUT2D eigenvalue weighted by molar-refractivity contribution is 0.571. The molecule has 17 heavy (non-hydrogen) atoms. The van der Waals surface area contributed by atoms with Crippen molar-refractivity contribution >= 4 is 0 Å². The summed E-state index contributed by atoms with van der Waals surface area (Å²) in [5.41, 5.74) is 10.6. The third-order valence-electron chi connectivity index (χ3n) is 3.40. The van der Waals surface area contributed by atoms with Crippen molar-refractivity contribution in [2.75, 3.05) is 0 Å². The van der Waals surface area contributed by atoms with Crippen LogP contribution in [0.25, 0.3) is 11.3 Å². The zero-order valence-corrected chi connectivity index (χ0v) is 9.54. The first-order valence-electron chi connectivity index (χ1n) is 5.94. The number of halogens is 1. The molecule has 0 bridgehead atoms. The van der Waals surface area contributed by atoms with Gasteiger partial charge in [0.25, 0.3) is 0 Å². The van der Waals surface area contributed by atoms with Gasteiger partial charge in [-0.1, -0.05) is 0 Å². The molecule has 88 valence electrons. The van der Waals surface area contributed by atoms with Crippen LogP contribution in [0.4, 0.5) is 4.39 Å². The van der Waals surface area contributed by atoms with Crippen LogP contribution in [-0.2, 0) is 12.8 Å². The Balaban J connectivity index is 1.97. The molecule has 1 aromatic heterocycles. The van der Waals surface area contributed by atoms with Crippen molar-refractivity contribution in [3.63, 3.8) is 0 Å². The predicted molar refractivity (Wildman–Crippen MR) is 66.2 cm³/mol. The van der Waals surface area contributed by atoms with Gasteiger partial charge in [-0.05, 0) is 54.3 Å². The first-order valence-corrected chi connectivity index (χ1v) is 5.94. The Hall–Kier alpha value is -1.61. The van der Waals surface area contributed by atoms with Gasteiger partial charge in [0, 0.05) is 23.9 Å². The van der Waals surface area contributed by atoms with Gasteiger partial charge in [0.05, 0.1) is 0 Å². The number of rotatable bonds is 1. The van der Waals surface area contributed by atoms with Crippen LogP contribution < -0.4 is 5.73 Å². The predicted octanol–water partition coefficient (Wildman–Crippen LogP) is 2.64. The standard InChI is InChI=1S/C14H15FN2/c15-11-4-1-9(2-5-11)13-7-10-3-6-12(16)8-14(10)17-13/h1-2,4-5,7,12,17H,3,6,8,16H2. The number of fused-ring (bicyclic) bond motifs is 1. The van der Waals surface area contributed by atoms with Gasteiger partial charge in [0.1, 0.15) is 5.82 Å². The summed E-state index contributed by atoms with van der Waals surface area (Å²) in [7, 11) is 0. The van der Waals surface area contributed by atoms with E-state index in [1.54, 1.807) is 12.1 Å². The molecule has 0 radical (unpaired) electrons. The minimum atomic E-state index is -0.202. The fraction of sp³-hybridized carbons (Fsp3) is 0.286. The quantitative estimate of drug-likeness (QED) is 0.777. The average Bonchev–Trinajstić information content (AvgIpc) is 2.72. The molecule has 0 saturated heterocycles. The molecule has 1 heterocycles. The number of aromatic amines is 1. The fourth-order valence-electron chi connectivity index (χ4n) is 2.44. The molecule has 3 rings (SSSR count). The summed E-state index contributed by atoms with van der Waals surface area (Å²) in [4.78, 5) is 3.40. The van der Waals surface area contributed by atoms with Crippen LogP contribution in [0, 0.1) is 5.82 Å². The molecule has 0 fully saturated rings. The Morgan fingerprint density at radius 2 is 2.00 bits per heavy atom. The van der Waals surface area contributed by atoms with Crippen molar-refractivity contribution < 1.29 is 4.39 Å². The largest absolute Gasteiger partial charge is 0.358 e. The van der Waals surface area contributed by atoms with Crippen molar-refractivity contribution in [3.8, 4) is 11.3 Å². The zero-order chi connectivity index (χ0) is 11.8. The topological polar surface area (TPSA) is 41.8 Å². The molecule has 0 spiro atoms. The summed E-state index contributed by atoms with van der Waals surface area (Å²) < 4.78 is 12.9. The van der Waals surface area contributed by atoms with E-state index in [1.807, 2.05) is 0 Å². The number of aromatic nitrogens is 1. The van der Waals surface area contributed by atoms with Gasteiger partial charge in [-0.3, -0.25) is 0 Å². The fourth-order valence-corrected chi connectivity index (χ4v) is 2.44. The van der Waals surface area contributed by atoms with Crippen LogP contribution in [0.1, 0.15) is 17.7 Å². The van der Waals surface area contributed by atoms with Crippen molar-refractivity contribution in [2.45, 2.75) is 25.3 Å². The summed E-state index contributed by atoms with van der Waals surface area (Å²) in [6.07, 6.45) is 3.00. The summed E-state index contributed by atoms with van der Waals surface area (Å²) in [6, 6.07) is 9.00. The van der Waals surface area contributed by atoms with E-state index < -0.39 is 0 Å². The molecule has 0 amide bonds. The molecule has 1 aliphatic carbocycles. The van der Waals surface area contributed by atoms with Gasteiger partial charge in [-0.2, -0.15) is 0 Å². The second-order valence-electron chi connectivity index (χ2n) is 4.70. The number of hydrogen-bond donors (Lipinski definition) is 2. The van der Waals surface area contributed by atoms with Crippen LogP contribution in [0.5, 0.6) is 0 Å². The SMILES string of the molecule is NC1CCc2cc(-c3ccc(F)cc3)[nH]c2C1. The van der Waals surface area contributed by atoms with Crippen molar-refractivity contribution in [3.05, 3.63) is 47.4 Å². The number of nitrogens with one attached hydrogen (secondary N) is 1. The van der Waals surface area contributed by atoms with Gasteiger partial charge in [0.2, 0.25) is 0 Å². The molecule has 1 aliphatic rings. The molecule has 0 saturated carbocycles. The van der Waals surface area contributed by atoms with Crippen LogP contribution in [0.2, 0.25) is 0 Å². The van der Waals surface area contributed by atoms with Crippen molar-refractivity contribution in [2.24, 2.45) is 5.73 Å². The molecule has 0 aliphatic heterocycles. The zero-order valence-electron chi connectivity index (χ0n) is 9.54. The van der Waals surface area contributed by atoms with Gasteiger partial charge in [0.15, 0.2) is 0 Å². The summed E-state index contributed by atoms with van der Waals surface area (Å²) in [5, 5.41) is 0. The highest BCUT2D eigenvalue weighted by atomic mass is 19.1. The van der Waals surface area contributed by atoms with E-state index in [0.717, 1.165) is 30.5 Å². The summed E-state index contributed by atoms with van der Waals surface area (Å²) in [6.45, 7) is 0. The Morgan fingerprint density at radius 1 is 1.24 bits per heavy atom. The number of benzene rings is 1. The Bertz CT molecular complexity index is 528. The maximum absolute atomic E-state index is 12.9. The van der Waals surface area contributed by atoms with Crippen LogP contribution in [0.3, 0.4) is 0 Å². The highest BCUT2D eigenvalue weighted by molar-refractivity contribution is 5.61. The Labute approximate surface area is 99.7 Å². The average molecular weight is 230 g/mol. The van der Waals surface area contributed by atoms with Gasteiger partial charge >= 0.3 is 0 Å². The number of hydrogen-bond acceptors (Lipinski definition) is 1. The lowest BCUT2D eigenvalue weighted by Crippen LogP contribution is -2.27. The molecule has 1 aromatic carbocycles. The minimum Gasteiger partial charge on any atom is -0.358 e. The minimum absolute atomic E-state index is 0.202. The second kappa shape index (κ2) is 4.00. The number of H-pyrrole nitrogens is 1. The van der Waals surface area contributed by atoms with E-state index in [2.05, 4.69) is 11.1 Å². The molecule has 1 unspecified atom stereocenters. The molecular weight excluding hydrogens is 215 g/mol. The first-order chi connectivity index (χ1) is 8.22. The monoisotopic (exact) mass is 230 g/mol. The van der Waals surface area contributed by atoms with E-state index in [1.165, 1.54) is 23.4 Å². The second-order valence-corrected chi connectivity index (χ2v) is 4.70. The molecular formula is C14H15FN2. The van der Waals surface area contributed by atoms with Gasteiger partial charge in [-0.15, -0.1) is 0 Å². The van der Waals surface area contributed by atoms with Crippen molar-refractivity contribution in [1.29, 1.82) is 0 Å². The van der Waals surface area contributed by atoms with E-state index in [9.17, 15) is 4.39 Å². The van der Waals surface area contributed by atoms with Crippen LogP contribution in [-0.4, -0.2) is 11.0 Å². The molecule has 3 heteroatoms. The molecule has 2 aromatic rings. The lowest BCUT2D eigenvalue weighted by Gasteiger charge is -2.17. The Morgan fingerprint density at radius 3 is 2.76 bits per heavy atom. The highest BCUT2D eigenvalue weighted by Crippen LogP contribution is 2.27. The summed E-state index contributed by atoms with van der Waals surface area (Å²) >= 11 is 0. The van der Waals surface area contributed by atoms with E-state index >= 15 is 0 Å². The lowest BCUT2D eigenvalue weighted by atomic mass is 9.94. The van der Waals surface area contributed by atoms with E-state index in [0.29, 0.717) is 0 Å². The third-order valence-corrected chi connectivity index (χ3v) is 3.40. The third kappa shape index (κ3) is 1.98. The van der Waals surface area contributed by atoms with E-state index in [-0.39, 0.29) is 11.9 Å². The maximum Gasteiger partial charge on any atom is 0.123 e. The van der Waals surface area contributed by atoms with Crippen molar-refractivity contribution in [1.82, 2.24) is 4.98 Å². The van der Waals surface area contributed by atoms with Gasteiger partial charge in [-0.25, -0.2) is 4.39 Å². The molecule has 3 N–H and O–H groups in total.